The number of carbonyl (C=O) groups is 8. The first-order valence-electron chi connectivity index (χ1n) is 21.0. The molecule has 18 nitrogen and oxygen atoms in total. The molecule has 7 atom stereocenters. The Morgan fingerprint density at radius 3 is 1.92 bits per heavy atom. The molecule has 0 aliphatic carbocycles. The number of likely N-dealkylation sites (N-methyl/N-ethyl adjacent to an activating group) is 4. The number of nitrogens with zero attached hydrogens (tertiary/aromatic N) is 5. The molecule has 1 aromatic rings. The molecule has 340 valence electrons. The van der Waals surface area contributed by atoms with Crippen molar-refractivity contribution in [2.24, 2.45) is 5.92 Å². The molecule has 18 heteroatoms. The maximum atomic E-state index is 14.9. The lowest BCUT2D eigenvalue weighted by Crippen LogP contribution is -2.62. The molecule has 2 fully saturated rings. The summed E-state index contributed by atoms with van der Waals surface area (Å²) in [4.78, 5) is 119. The van der Waals surface area contributed by atoms with Crippen molar-refractivity contribution in [3.05, 3.63) is 35.9 Å². The second kappa shape index (κ2) is 22.1. The maximum absolute atomic E-state index is 14.9. The summed E-state index contributed by atoms with van der Waals surface area (Å²) in [6.45, 7) is 11.4. The van der Waals surface area contributed by atoms with Gasteiger partial charge in [0.05, 0.1) is 24.9 Å². The fraction of sp³-hybridized carbons (Fsp3) is 0.674. The highest BCUT2D eigenvalue weighted by Crippen LogP contribution is 2.20. The topological polar surface area (TPSA) is 218 Å². The fourth-order valence-corrected chi connectivity index (χ4v) is 7.18. The minimum Gasteiger partial charge on any atom is -0.391 e. The van der Waals surface area contributed by atoms with Crippen LogP contribution >= 0.6 is 0 Å². The van der Waals surface area contributed by atoms with E-state index in [1.54, 1.807) is 51.1 Å². The van der Waals surface area contributed by atoms with E-state index < -0.39 is 102 Å². The molecule has 8 amide bonds. The van der Waals surface area contributed by atoms with Gasteiger partial charge < -0.3 is 50.3 Å². The van der Waals surface area contributed by atoms with Gasteiger partial charge in [-0.15, -0.1) is 0 Å². The first kappa shape index (κ1) is 50.3. The number of hydrogen-bond acceptors (Lipinski definition) is 10. The lowest BCUT2D eigenvalue weighted by atomic mass is 9.98. The average Bonchev–Trinajstić information content (AvgIpc) is 3.21. The third-order valence-corrected chi connectivity index (χ3v) is 11.1. The van der Waals surface area contributed by atoms with Gasteiger partial charge in [0.2, 0.25) is 35.4 Å². The van der Waals surface area contributed by atoms with Gasteiger partial charge in [0.1, 0.15) is 30.2 Å². The Kier molecular flexibility index (Phi) is 18.2. The number of ether oxygens (including phenoxy) is 1. The monoisotopic (exact) mass is 857 g/mol. The first-order valence-corrected chi connectivity index (χ1v) is 21.0. The highest BCUT2D eigenvalue weighted by atomic mass is 16.5. The Morgan fingerprint density at radius 1 is 0.770 bits per heavy atom. The van der Waals surface area contributed by atoms with Gasteiger partial charge in [0.25, 0.3) is 11.8 Å². The molecule has 0 saturated carbocycles. The molecule has 0 aromatic heterocycles. The second-order valence-electron chi connectivity index (χ2n) is 17.7. The van der Waals surface area contributed by atoms with Gasteiger partial charge in [0, 0.05) is 47.7 Å². The molecule has 4 N–H and O–H groups in total. The van der Waals surface area contributed by atoms with E-state index in [9.17, 15) is 43.5 Å². The van der Waals surface area contributed by atoms with E-state index >= 15 is 0 Å². The number of piperidine rings is 1. The van der Waals surface area contributed by atoms with E-state index in [2.05, 4.69) is 16.0 Å². The van der Waals surface area contributed by atoms with Crippen molar-refractivity contribution in [2.75, 3.05) is 54.4 Å². The molecule has 3 rings (SSSR count). The minimum atomic E-state index is -1.78. The quantitative estimate of drug-likeness (QED) is 0.255. The molecule has 2 saturated heterocycles. The Morgan fingerprint density at radius 2 is 1.36 bits per heavy atom. The first-order chi connectivity index (χ1) is 28.4. The SMILES string of the molecule is CC(C)CC1C(=O)NC(C(=O)N2CCCCC2)C(=O)N(C)CC(=O)N[C@@H]([C@@H](C)O)C(=O)N(C)[C@@H](C)C(=O)NC(COC(C)(C)C)C(=O)N(C)[C@@H](Cc2ccccc2)C(=O)N1C. The van der Waals surface area contributed by atoms with Crippen molar-refractivity contribution in [3.8, 4) is 0 Å². The second-order valence-corrected chi connectivity index (χ2v) is 17.7. The zero-order chi connectivity index (χ0) is 45.9. The van der Waals surface area contributed by atoms with Crippen molar-refractivity contribution in [1.29, 1.82) is 0 Å². The highest BCUT2D eigenvalue weighted by molar-refractivity contribution is 6.08. The Balaban J connectivity index is 2.23. The fourth-order valence-electron chi connectivity index (χ4n) is 7.18. The number of hydrogen-bond donors (Lipinski definition) is 4. The van der Waals surface area contributed by atoms with Crippen LogP contribution < -0.4 is 16.0 Å². The van der Waals surface area contributed by atoms with Gasteiger partial charge in [0.15, 0.2) is 6.04 Å². The smallest absolute Gasteiger partial charge is 0.255 e. The van der Waals surface area contributed by atoms with Crippen molar-refractivity contribution < 1.29 is 48.2 Å². The van der Waals surface area contributed by atoms with Crippen LogP contribution in [0.25, 0.3) is 0 Å². The Bertz CT molecular complexity index is 1730. The molecular weight excluding hydrogens is 789 g/mol. The van der Waals surface area contributed by atoms with E-state index in [0.717, 1.165) is 16.2 Å². The highest BCUT2D eigenvalue weighted by Gasteiger charge is 2.42. The normalized spacial score (nSPS) is 25.9. The van der Waals surface area contributed by atoms with E-state index in [4.69, 9.17) is 4.74 Å². The van der Waals surface area contributed by atoms with Gasteiger partial charge in [-0.25, -0.2) is 0 Å². The van der Waals surface area contributed by atoms with Crippen LogP contribution in [-0.2, 0) is 49.5 Å². The van der Waals surface area contributed by atoms with Gasteiger partial charge in [-0.1, -0.05) is 44.2 Å². The van der Waals surface area contributed by atoms with Crippen LogP contribution in [0.2, 0.25) is 0 Å². The summed E-state index contributed by atoms with van der Waals surface area (Å²) in [5, 5.41) is 18.4. The van der Waals surface area contributed by atoms with Crippen molar-refractivity contribution in [1.82, 2.24) is 40.4 Å². The average molecular weight is 857 g/mol. The van der Waals surface area contributed by atoms with Gasteiger partial charge in [-0.3, -0.25) is 38.4 Å². The molecule has 3 unspecified atom stereocenters. The molecule has 1 aromatic carbocycles. The van der Waals surface area contributed by atoms with E-state index in [1.165, 1.54) is 56.7 Å². The molecule has 2 heterocycles. The Labute approximate surface area is 360 Å². The Hall–Kier alpha value is -5.10. The summed E-state index contributed by atoms with van der Waals surface area (Å²) in [7, 11) is 5.41. The van der Waals surface area contributed by atoms with Crippen LogP contribution in [0.3, 0.4) is 0 Å². The lowest BCUT2D eigenvalue weighted by molar-refractivity contribution is -0.152. The van der Waals surface area contributed by atoms with E-state index in [1.807, 2.05) is 13.8 Å². The number of likely N-dealkylation sites (tertiary alicyclic amines) is 1. The third kappa shape index (κ3) is 14.0. The minimum absolute atomic E-state index is 0.0117. The molecule has 0 spiro atoms. The third-order valence-electron chi connectivity index (χ3n) is 11.1. The predicted octanol–water partition coefficient (Wildman–Crippen LogP) is -0.0891. The summed E-state index contributed by atoms with van der Waals surface area (Å²) in [5.74, 6) is -6.38. The van der Waals surface area contributed by atoms with E-state index in [-0.39, 0.29) is 25.4 Å². The van der Waals surface area contributed by atoms with Crippen LogP contribution in [0.5, 0.6) is 0 Å². The van der Waals surface area contributed by atoms with Crippen LogP contribution in [0.15, 0.2) is 30.3 Å². The van der Waals surface area contributed by atoms with Crippen LogP contribution in [0.1, 0.15) is 79.7 Å². The lowest BCUT2D eigenvalue weighted by Gasteiger charge is -2.37. The molecule has 2 aliphatic heterocycles. The zero-order valence-corrected chi connectivity index (χ0v) is 37.7. The predicted molar refractivity (Wildman–Crippen MR) is 226 cm³/mol. The van der Waals surface area contributed by atoms with Gasteiger partial charge in [-0.05, 0) is 71.8 Å². The van der Waals surface area contributed by atoms with Gasteiger partial charge in [-0.2, -0.15) is 0 Å². The number of aliphatic hydroxyl groups is 1. The van der Waals surface area contributed by atoms with Crippen LogP contribution in [0.4, 0.5) is 0 Å². The molecule has 0 radical (unpaired) electrons. The number of carbonyl (C=O) groups excluding carboxylic acids is 8. The molecular formula is C43H68N8O10. The summed E-state index contributed by atoms with van der Waals surface area (Å²) >= 11 is 0. The van der Waals surface area contributed by atoms with Crippen LogP contribution in [0, 0.1) is 5.92 Å². The number of benzene rings is 1. The standard InChI is InChI=1S/C43H68N8O10/c1-26(2)22-31-37(55)46-35(42(60)51-20-16-13-17-21-51)40(58)47(8)24-33(53)45-34(28(4)52)41(59)48(9)27(3)36(54)44-30(25-61-43(5,6)7)38(56)50(11)32(39(57)49(31)10)23-29-18-14-12-15-19-29/h12,14-15,18-19,26-28,30-32,34-35,52H,13,16-17,20-25H2,1-11H3,(H,44,54)(H,45,53)(H,46,55)/t27-,28+,30?,31?,32-,34-,35?/m0/s1. The van der Waals surface area contributed by atoms with Crippen LogP contribution in [-0.4, -0.2) is 179 Å². The number of aliphatic hydroxyl groups excluding tert-OH is 1. The maximum Gasteiger partial charge on any atom is 0.255 e. The van der Waals surface area contributed by atoms with Crippen molar-refractivity contribution in [3.63, 3.8) is 0 Å². The molecule has 0 bridgehead atoms. The van der Waals surface area contributed by atoms with E-state index in [0.29, 0.717) is 31.5 Å². The number of amides is 8. The summed E-state index contributed by atoms with van der Waals surface area (Å²) in [6.07, 6.45) is 0.921. The van der Waals surface area contributed by atoms with Crippen molar-refractivity contribution in [2.45, 2.75) is 129 Å². The summed E-state index contributed by atoms with van der Waals surface area (Å²) in [6, 6.07) is 0.546. The van der Waals surface area contributed by atoms with Gasteiger partial charge >= 0.3 is 0 Å². The van der Waals surface area contributed by atoms with Crippen molar-refractivity contribution >= 4 is 47.3 Å². The largest absolute Gasteiger partial charge is 0.391 e. The summed E-state index contributed by atoms with van der Waals surface area (Å²) in [5.41, 5.74) is -0.0622. The zero-order valence-electron chi connectivity index (χ0n) is 37.7. The number of rotatable bonds is 8. The number of nitrogens with one attached hydrogen (secondary N) is 3. The molecule has 61 heavy (non-hydrogen) atoms. The summed E-state index contributed by atoms with van der Waals surface area (Å²) < 4.78 is 5.99. The molecule has 2 aliphatic rings.